The standard InChI is InChI=1S/C18H26N2O4/c1-3-23-17(22)11-16(21)20-8-6-13(7-9-20)18-14-10-12(2)4-5-15(14)19-24-18/h12-13H,3-11H2,1-2H3. The van der Waals surface area contributed by atoms with Crippen molar-refractivity contribution >= 4 is 11.9 Å². The van der Waals surface area contributed by atoms with Gasteiger partial charge in [0.05, 0.1) is 12.3 Å². The predicted octanol–water partition coefficient (Wildman–Crippen LogP) is 2.46. The summed E-state index contributed by atoms with van der Waals surface area (Å²) in [4.78, 5) is 25.3. The van der Waals surface area contributed by atoms with Gasteiger partial charge in [0.25, 0.3) is 0 Å². The number of aromatic nitrogens is 1. The molecular formula is C18H26N2O4. The maximum Gasteiger partial charge on any atom is 0.315 e. The van der Waals surface area contributed by atoms with Crippen LogP contribution in [-0.4, -0.2) is 41.6 Å². The summed E-state index contributed by atoms with van der Waals surface area (Å²) < 4.78 is 10.5. The van der Waals surface area contributed by atoms with E-state index in [1.807, 2.05) is 0 Å². The Bertz CT molecular complexity index is 602. The molecule has 24 heavy (non-hydrogen) atoms. The molecule has 1 aromatic rings. The maximum atomic E-state index is 12.1. The lowest BCUT2D eigenvalue weighted by atomic mass is 9.83. The van der Waals surface area contributed by atoms with Crippen molar-refractivity contribution in [3.63, 3.8) is 0 Å². The van der Waals surface area contributed by atoms with Gasteiger partial charge in [-0.15, -0.1) is 0 Å². The summed E-state index contributed by atoms with van der Waals surface area (Å²) in [7, 11) is 0. The van der Waals surface area contributed by atoms with Crippen LogP contribution in [0.5, 0.6) is 0 Å². The van der Waals surface area contributed by atoms with Crippen molar-refractivity contribution in [1.82, 2.24) is 10.1 Å². The fraction of sp³-hybridized carbons (Fsp3) is 0.722. The number of carbonyl (C=O) groups is 2. The number of esters is 1. The zero-order valence-electron chi connectivity index (χ0n) is 14.5. The number of amides is 1. The largest absolute Gasteiger partial charge is 0.466 e. The van der Waals surface area contributed by atoms with E-state index < -0.39 is 5.97 Å². The van der Waals surface area contributed by atoms with Crippen LogP contribution in [0.1, 0.15) is 62.5 Å². The average Bonchev–Trinajstić information content (AvgIpc) is 2.98. The third-order valence-corrected chi connectivity index (χ3v) is 5.15. The van der Waals surface area contributed by atoms with Gasteiger partial charge in [0.2, 0.25) is 5.91 Å². The number of rotatable bonds is 4. The number of hydrogen-bond acceptors (Lipinski definition) is 5. The van der Waals surface area contributed by atoms with Gasteiger partial charge in [-0.1, -0.05) is 12.1 Å². The molecule has 0 spiro atoms. The van der Waals surface area contributed by atoms with Crippen LogP contribution in [-0.2, 0) is 27.2 Å². The van der Waals surface area contributed by atoms with Gasteiger partial charge in [-0.3, -0.25) is 9.59 Å². The number of nitrogens with zero attached hydrogens (tertiary/aromatic N) is 2. The first kappa shape index (κ1) is 17.0. The molecule has 1 saturated heterocycles. The molecule has 1 atom stereocenters. The van der Waals surface area contributed by atoms with E-state index >= 15 is 0 Å². The molecular weight excluding hydrogens is 308 g/mol. The molecule has 0 radical (unpaired) electrons. The summed E-state index contributed by atoms with van der Waals surface area (Å²) in [5.41, 5.74) is 2.44. The molecule has 132 valence electrons. The second-order valence-corrected chi connectivity index (χ2v) is 6.96. The van der Waals surface area contributed by atoms with Crippen molar-refractivity contribution in [3.05, 3.63) is 17.0 Å². The first-order valence-corrected chi connectivity index (χ1v) is 8.99. The Hall–Kier alpha value is -1.85. The highest BCUT2D eigenvalue weighted by molar-refractivity contribution is 5.94. The Kier molecular flexibility index (Phi) is 5.21. The lowest BCUT2D eigenvalue weighted by molar-refractivity contribution is -0.149. The summed E-state index contributed by atoms with van der Waals surface area (Å²) in [5.74, 6) is 1.47. The highest BCUT2D eigenvalue weighted by Gasteiger charge is 2.31. The number of piperidine rings is 1. The number of fused-ring (bicyclic) bond motifs is 1. The van der Waals surface area contributed by atoms with Crippen LogP contribution in [0, 0.1) is 5.92 Å². The van der Waals surface area contributed by atoms with Crippen LogP contribution in [0.25, 0.3) is 0 Å². The van der Waals surface area contributed by atoms with Crippen molar-refractivity contribution in [2.75, 3.05) is 19.7 Å². The lowest BCUT2D eigenvalue weighted by Crippen LogP contribution is -2.39. The maximum absolute atomic E-state index is 12.1. The molecule has 3 rings (SSSR count). The molecule has 1 fully saturated rings. The lowest BCUT2D eigenvalue weighted by Gasteiger charge is -2.31. The first-order valence-electron chi connectivity index (χ1n) is 8.99. The number of ether oxygens (including phenoxy) is 1. The Labute approximate surface area is 142 Å². The van der Waals surface area contributed by atoms with E-state index in [1.54, 1.807) is 11.8 Å². The smallest absolute Gasteiger partial charge is 0.315 e. The summed E-state index contributed by atoms with van der Waals surface area (Å²) in [6, 6.07) is 0. The van der Waals surface area contributed by atoms with Gasteiger partial charge in [-0.05, 0) is 44.9 Å². The van der Waals surface area contributed by atoms with E-state index in [2.05, 4.69) is 12.1 Å². The minimum absolute atomic E-state index is 0.139. The molecule has 1 unspecified atom stereocenters. The Balaban J connectivity index is 1.57. The summed E-state index contributed by atoms with van der Waals surface area (Å²) in [6.45, 7) is 5.65. The highest BCUT2D eigenvalue weighted by Crippen LogP contribution is 2.36. The Morgan fingerprint density at radius 1 is 1.29 bits per heavy atom. The molecule has 1 aliphatic carbocycles. The van der Waals surface area contributed by atoms with Gasteiger partial charge in [-0.2, -0.15) is 0 Å². The van der Waals surface area contributed by atoms with Gasteiger partial charge in [0.1, 0.15) is 12.2 Å². The second-order valence-electron chi connectivity index (χ2n) is 6.96. The molecule has 1 aromatic heterocycles. The van der Waals surface area contributed by atoms with Gasteiger partial charge in [0, 0.05) is 24.6 Å². The van der Waals surface area contributed by atoms with Crippen LogP contribution >= 0.6 is 0 Å². The van der Waals surface area contributed by atoms with Crippen LogP contribution in [0.15, 0.2) is 4.52 Å². The predicted molar refractivity (Wildman–Crippen MR) is 87.5 cm³/mol. The molecule has 6 heteroatoms. The van der Waals surface area contributed by atoms with E-state index in [9.17, 15) is 9.59 Å². The molecule has 1 amide bonds. The molecule has 2 aliphatic rings. The first-order chi connectivity index (χ1) is 11.6. The van der Waals surface area contributed by atoms with E-state index in [0.717, 1.165) is 37.1 Å². The van der Waals surface area contributed by atoms with E-state index in [1.165, 1.54) is 12.0 Å². The Morgan fingerprint density at radius 3 is 2.75 bits per heavy atom. The molecule has 6 nitrogen and oxygen atoms in total. The Morgan fingerprint density at radius 2 is 2.04 bits per heavy atom. The van der Waals surface area contributed by atoms with Crippen molar-refractivity contribution in [3.8, 4) is 0 Å². The van der Waals surface area contributed by atoms with Gasteiger partial charge in [-0.25, -0.2) is 0 Å². The topological polar surface area (TPSA) is 72.6 Å². The van der Waals surface area contributed by atoms with Crippen molar-refractivity contribution in [1.29, 1.82) is 0 Å². The quantitative estimate of drug-likeness (QED) is 0.625. The van der Waals surface area contributed by atoms with Crippen LogP contribution < -0.4 is 0 Å². The minimum atomic E-state index is -0.442. The molecule has 0 aromatic carbocycles. The van der Waals surface area contributed by atoms with Gasteiger partial charge >= 0.3 is 5.97 Å². The van der Waals surface area contributed by atoms with E-state index in [4.69, 9.17) is 9.26 Å². The average molecular weight is 334 g/mol. The minimum Gasteiger partial charge on any atom is -0.466 e. The number of likely N-dealkylation sites (tertiary alicyclic amines) is 1. The third-order valence-electron chi connectivity index (χ3n) is 5.15. The normalized spacial score (nSPS) is 21.4. The third kappa shape index (κ3) is 3.62. The fourth-order valence-electron chi connectivity index (χ4n) is 3.76. The van der Waals surface area contributed by atoms with Crippen molar-refractivity contribution < 1.29 is 18.8 Å². The van der Waals surface area contributed by atoms with Crippen LogP contribution in [0.3, 0.4) is 0 Å². The van der Waals surface area contributed by atoms with Crippen molar-refractivity contribution in [2.45, 2.75) is 58.3 Å². The summed E-state index contributed by atoms with van der Waals surface area (Å²) in [5, 5.41) is 4.26. The molecule has 2 heterocycles. The van der Waals surface area contributed by atoms with E-state index in [0.29, 0.717) is 31.5 Å². The number of hydrogen-bond donors (Lipinski definition) is 0. The molecule has 0 bridgehead atoms. The van der Waals surface area contributed by atoms with Crippen molar-refractivity contribution in [2.24, 2.45) is 5.92 Å². The van der Waals surface area contributed by atoms with Gasteiger partial charge < -0.3 is 14.2 Å². The SMILES string of the molecule is CCOC(=O)CC(=O)N1CCC(c2onc3c2CC(C)CC3)CC1. The number of aryl methyl sites for hydroxylation is 1. The molecule has 0 saturated carbocycles. The zero-order valence-corrected chi connectivity index (χ0v) is 14.5. The van der Waals surface area contributed by atoms with Gasteiger partial charge in [0.15, 0.2) is 0 Å². The summed E-state index contributed by atoms with van der Waals surface area (Å²) in [6.07, 6.45) is 4.82. The summed E-state index contributed by atoms with van der Waals surface area (Å²) >= 11 is 0. The number of carbonyl (C=O) groups excluding carboxylic acids is 2. The fourth-order valence-corrected chi connectivity index (χ4v) is 3.76. The van der Waals surface area contributed by atoms with E-state index in [-0.39, 0.29) is 12.3 Å². The zero-order chi connectivity index (χ0) is 17.1. The highest BCUT2D eigenvalue weighted by atomic mass is 16.5. The molecule has 1 aliphatic heterocycles. The molecule has 0 N–H and O–H groups in total. The van der Waals surface area contributed by atoms with Crippen LogP contribution in [0.4, 0.5) is 0 Å². The monoisotopic (exact) mass is 334 g/mol. The second kappa shape index (κ2) is 7.36. The van der Waals surface area contributed by atoms with Crippen LogP contribution in [0.2, 0.25) is 0 Å².